The molecule has 2 nitrogen and oxygen atoms in total. The molecule has 0 bridgehead atoms. The van der Waals surface area contributed by atoms with E-state index in [-0.39, 0.29) is 5.97 Å². The minimum Gasteiger partial charge on any atom is -0.466 e. The summed E-state index contributed by atoms with van der Waals surface area (Å²) in [7, 11) is 0. The second kappa shape index (κ2) is 46.4. The molecule has 0 radical (unpaired) electrons. The first-order valence-electron chi connectivity index (χ1n) is 24.5. The maximum atomic E-state index is 12.0. The molecule has 1 atom stereocenters. The van der Waals surface area contributed by atoms with E-state index in [0.29, 0.717) is 13.0 Å². The lowest BCUT2D eigenvalue weighted by molar-refractivity contribution is -0.143. The summed E-state index contributed by atoms with van der Waals surface area (Å²) < 4.78 is 5.48. The van der Waals surface area contributed by atoms with Gasteiger partial charge in [0.15, 0.2) is 0 Å². The lowest BCUT2D eigenvalue weighted by Gasteiger charge is -2.07. The molecule has 0 aromatic carbocycles. The Hall–Kier alpha value is -0.790. The summed E-state index contributed by atoms with van der Waals surface area (Å²) in [6.45, 7) is 7.64. The van der Waals surface area contributed by atoms with Crippen molar-refractivity contribution >= 4 is 5.97 Å². The molecule has 0 fully saturated rings. The molecule has 0 aliphatic heterocycles. The molecule has 0 spiro atoms. The van der Waals surface area contributed by atoms with Gasteiger partial charge in [-0.25, -0.2) is 0 Å². The molecule has 2 heteroatoms. The van der Waals surface area contributed by atoms with Crippen molar-refractivity contribution in [3.63, 3.8) is 0 Å². The van der Waals surface area contributed by atoms with Crippen LogP contribution in [0.15, 0.2) is 12.2 Å². The van der Waals surface area contributed by atoms with E-state index in [1.807, 2.05) is 0 Å². The first-order valence-corrected chi connectivity index (χ1v) is 24.5. The van der Waals surface area contributed by atoms with E-state index < -0.39 is 0 Å². The second-order valence-electron chi connectivity index (χ2n) is 17.0. The van der Waals surface area contributed by atoms with Crippen LogP contribution in [-0.4, -0.2) is 12.6 Å². The van der Waals surface area contributed by atoms with Crippen LogP contribution in [0.5, 0.6) is 0 Å². The van der Waals surface area contributed by atoms with Crippen LogP contribution < -0.4 is 0 Å². The number of hydrogen-bond acceptors (Lipinski definition) is 2. The smallest absolute Gasteiger partial charge is 0.305 e. The predicted molar refractivity (Wildman–Crippen MR) is 235 cm³/mol. The number of unbranched alkanes of at least 4 members (excludes halogenated alkanes) is 36. The summed E-state index contributed by atoms with van der Waals surface area (Å²) in [6, 6.07) is 0. The van der Waals surface area contributed by atoms with E-state index in [1.165, 1.54) is 250 Å². The van der Waals surface area contributed by atoms with E-state index in [2.05, 4.69) is 32.9 Å². The van der Waals surface area contributed by atoms with Gasteiger partial charge in [-0.2, -0.15) is 0 Å². The zero-order valence-corrected chi connectivity index (χ0v) is 36.5. The van der Waals surface area contributed by atoms with E-state index in [1.54, 1.807) is 0 Å². The Kier molecular flexibility index (Phi) is 45.7. The summed E-state index contributed by atoms with van der Waals surface area (Å²) in [6.07, 6.45) is 61.9. The molecule has 1 unspecified atom stereocenters. The van der Waals surface area contributed by atoms with Gasteiger partial charge in [-0.05, 0) is 44.4 Å². The van der Waals surface area contributed by atoms with Crippen LogP contribution in [0.1, 0.15) is 290 Å². The Morgan fingerprint density at radius 2 is 0.712 bits per heavy atom. The fraction of sp³-hybridized carbons (Fsp3) is 0.940. The van der Waals surface area contributed by atoms with Crippen LogP contribution in [0.4, 0.5) is 0 Å². The molecule has 0 saturated heterocycles. The fourth-order valence-corrected chi connectivity index (χ4v) is 7.64. The fourth-order valence-electron chi connectivity index (χ4n) is 7.64. The molecule has 0 saturated carbocycles. The van der Waals surface area contributed by atoms with E-state index in [4.69, 9.17) is 4.74 Å². The number of hydrogen-bond donors (Lipinski definition) is 0. The van der Waals surface area contributed by atoms with Gasteiger partial charge in [-0.1, -0.05) is 258 Å². The van der Waals surface area contributed by atoms with E-state index >= 15 is 0 Å². The average molecular weight is 731 g/mol. The third-order valence-electron chi connectivity index (χ3n) is 11.7. The Morgan fingerprint density at radius 3 is 1.08 bits per heavy atom. The summed E-state index contributed by atoms with van der Waals surface area (Å²) in [5.74, 6) is 0.962. The van der Waals surface area contributed by atoms with Crippen LogP contribution in [0.3, 0.4) is 0 Å². The van der Waals surface area contributed by atoms with Crippen molar-refractivity contribution < 1.29 is 9.53 Å². The van der Waals surface area contributed by atoms with Gasteiger partial charge in [0.2, 0.25) is 0 Å². The molecule has 0 amide bonds. The largest absolute Gasteiger partial charge is 0.466 e. The Morgan fingerprint density at radius 1 is 0.404 bits per heavy atom. The lowest BCUT2D eigenvalue weighted by Crippen LogP contribution is -2.05. The van der Waals surface area contributed by atoms with Crippen molar-refractivity contribution in [2.75, 3.05) is 6.61 Å². The molecule has 0 aliphatic carbocycles. The van der Waals surface area contributed by atoms with Gasteiger partial charge in [0.25, 0.3) is 0 Å². The molecule has 0 N–H and O–H groups in total. The molecular weight excluding hydrogens is 633 g/mol. The van der Waals surface area contributed by atoms with Crippen molar-refractivity contribution in [1.29, 1.82) is 0 Å². The third-order valence-corrected chi connectivity index (χ3v) is 11.7. The lowest BCUT2D eigenvalue weighted by atomic mass is 9.99. The maximum absolute atomic E-state index is 12.0. The molecule has 0 aliphatic rings. The Bertz CT molecular complexity index is 684. The standard InChI is InChI=1S/C50H98O2/c1-4-6-7-8-9-10-11-12-13-22-26-29-32-35-38-41-44-47-50(51)52-48-45-42-39-36-33-30-27-24-21-19-17-15-14-16-18-20-23-25-28-31-34-37-40-43-46-49(3)5-2/h12-13,49H,4-11,14-48H2,1-3H3. The van der Waals surface area contributed by atoms with Crippen LogP contribution in [0.2, 0.25) is 0 Å². The number of allylic oxidation sites excluding steroid dienone is 2. The Balaban J connectivity index is 3.17. The monoisotopic (exact) mass is 731 g/mol. The maximum Gasteiger partial charge on any atom is 0.305 e. The summed E-state index contributed by atoms with van der Waals surface area (Å²) >= 11 is 0. The minimum atomic E-state index is 0.0253. The van der Waals surface area contributed by atoms with Gasteiger partial charge in [0.1, 0.15) is 0 Å². The number of esters is 1. The molecule has 0 aromatic heterocycles. The minimum absolute atomic E-state index is 0.0253. The highest BCUT2D eigenvalue weighted by Crippen LogP contribution is 2.18. The molecule has 52 heavy (non-hydrogen) atoms. The van der Waals surface area contributed by atoms with Gasteiger partial charge in [-0.15, -0.1) is 0 Å². The zero-order valence-electron chi connectivity index (χ0n) is 36.5. The van der Waals surface area contributed by atoms with Gasteiger partial charge < -0.3 is 4.74 Å². The number of rotatable bonds is 45. The van der Waals surface area contributed by atoms with Crippen molar-refractivity contribution in [2.45, 2.75) is 290 Å². The number of ether oxygens (including phenoxy) is 1. The SMILES string of the molecule is CCCCCCCCC=CCCCCCCCCCC(=O)OCCCCCCCCCCCCCCCCCCCCCCCCCCC(C)CC. The van der Waals surface area contributed by atoms with Crippen molar-refractivity contribution in [3.05, 3.63) is 12.2 Å². The first-order chi connectivity index (χ1) is 25.7. The van der Waals surface area contributed by atoms with Crippen molar-refractivity contribution in [3.8, 4) is 0 Å². The molecule has 310 valence electrons. The van der Waals surface area contributed by atoms with Crippen LogP contribution in [-0.2, 0) is 9.53 Å². The molecule has 0 aromatic rings. The van der Waals surface area contributed by atoms with Crippen LogP contribution in [0, 0.1) is 5.92 Å². The van der Waals surface area contributed by atoms with Crippen LogP contribution in [0.25, 0.3) is 0 Å². The zero-order chi connectivity index (χ0) is 37.7. The van der Waals surface area contributed by atoms with Gasteiger partial charge in [-0.3, -0.25) is 4.79 Å². The second-order valence-corrected chi connectivity index (χ2v) is 17.0. The average Bonchev–Trinajstić information content (AvgIpc) is 3.15. The highest BCUT2D eigenvalue weighted by atomic mass is 16.5. The van der Waals surface area contributed by atoms with Crippen molar-refractivity contribution in [2.24, 2.45) is 5.92 Å². The highest BCUT2D eigenvalue weighted by molar-refractivity contribution is 5.69. The summed E-state index contributed by atoms with van der Waals surface area (Å²) in [5.41, 5.74) is 0. The van der Waals surface area contributed by atoms with Crippen molar-refractivity contribution in [1.82, 2.24) is 0 Å². The topological polar surface area (TPSA) is 26.3 Å². The van der Waals surface area contributed by atoms with Crippen LogP contribution >= 0.6 is 0 Å². The van der Waals surface area contributed by atoms with Gasteiger partial charge in [0, 0.05) is 6.42 Å². The first kappa shape index (κ1) is 51.2. The number of carbonyl (C=O) groups excluding carboxylic acids is 1. The molecule has 0 heterocycles. The van der Waals surface area contributed by atoms with E-state index in [0.717, 1.165) is 18.8 Å². The van der Waals surface area contributed by atoms with E-state index in [9.17, 15) is 4.79 Å². The summed E-state index contributed by atoms with van der Waals surface area (Å²) in [5, 5.41) is 0. The number of carbonyl (C=O) groups is 1. The quantitative estimate of drug-likeness (QED) is 0.0354. The van der Waals surface area contributed by atoms with Gasteiger partial charge in [0.05, 0.1) is 6.61 Å². The predicted octanol–water partition coefficient (Wildman–Crippen LogP) is 18.1. The normalized spacial score (nSPS) is 12.3. The summed E-state index contributed by atoms with van der Waals surface area (Å²) in [4.78, 5) is 12.0. The Labute approximate surface area is 329 Å². The third kappa shape index (κ3) is 45.4. The highest BCUT2D eigenvalue weighted by Gasteiger charge is 2.03. The molecule has 0 rings (SSSR count). The molecular formula is C50H98O2. The van der Waals surface area contributed by atoms with Gasteiger partial charge >= 0.3 is 5.97 Å².